The van der Waals surface area contributed by atoms with Crippen LogP contribution in [0, 0.1) is 0 Å². The number of carbonyl (C=O) groups is 1. The Labute approximate surface area is 97.4 Å². The largest absolute Gasteiger partial charge is 0.339 e. The minimum Gasteiger partial charge on any atom is -0.339 e. The normalized spacial score (nSPS) is 16.8. The van der Waals surface area contributed by atoms with E-state index >= 15 is 0 Å². The van der Waals surface area contributed by atoms with Gasteiger partial charge in [0.25, 0.3) is 5.91 Å². The van der Waals surface area contributed by atoms with Crippen molar-refractivity contribution < 1.29 is 4.79 Å². The molecule has 5 heteroatoms. The second-order valence-corrected chi connectivity index (χ2v) is 4.58. The zero-order valence-corrected chi connectivity index (χ0v) is 10.3. The van der Waals surface area contributed by atoms with Crippen LogP contribution >= 0.6 is 15.9 Å². The van der Waals surface area contributed by atoms with Crippen LogP contribution in [0.15, 0.2) is 10.8 Å². The van der Waals surface area contributed by atoms with Crippen LogP contribution in [0.2, 0.25) is 0 Å². The second kappa shape index (κ2) is 4.35. The lowest BCUT2D eigenvalue weighted by Gasteiger charge is -2.26. The molecule has 15 heavy (non-hydrogen) atoms. The number of carbonyl (C=O) groups excluding carboxylic acids is 1. The summed E-state index contributed by atoms with van der Waals surface area (Å²) in [4.78, 5) is 14.0. The number of amides is 1. The van der Waals surface area contributed by atoms with Gasteiger partial charge in [-0.2, -0.15) is 5.10 Å². The highest BCUT2D eigenvalue weighted by atomic mass is 79.9. The summed E-state index contributed by atoms with van der Waals surface area (Å²) in [7, 11) is 1.82. The number of halogens is 1. The molecule has 1 amide bonds. The van der Waals surface area contributed by atoms with Gasteiger partial charge in [-0.25, -0.2) is 0 Å². The molecule has 1 aliphatic heterocycles. The molecule has 82 valence electrons. The van der Waals surface area contributed by atoms with Crippen molar-refractivity contribution in [3.63, 3.8) is 0 Å². The van der Waals surface area contributed by atoms with E-state index in [2.05, 4.69) is 21.0 Å². The molecule has 0 aliphatic carbocycles. The summed E-state index contributed by atoms with van der Waals surface area (Å²) in [5, 5.41) is 4.05. The molecule has 0 atom stereocenters. The summed E-state index contributed by atoms with van der Waals surface area (Å²) in [6, 6.07) is 0. The Balaban J connectivity index is 2.16. The highest BCUT2D eigenvalue weighted by Crippen LogP contribution is 2.19. The quantitative estimate of drug-likeness (QED) is 0.782. The SMILES string of the molecule is Cn1ncc(C(=O)N2CCCCC2)c1Br. The van der Waals surface area contributed by atoms with Gasteiger partial charge in [0.2, 0.25) is 0 Å². The van der Waals surface area contributed by atoms with Gasteiger partial charge < -0.3 is 4.90 Å². The van der Waals surface area contributed by atoms with E-state index in [1.165, 1.54) is 6.42 Å². The number of piperidine rings is 1. The number of hydrogen-bond acceptors (Lipinski definition) is 2. The van der Waals surface area contributed by atoms with Gasteiger partial charge in [0.15, 0.2) is 0 Å². The summed E-state index contributed by atoms with van der Waals surface area (Å²) in [6.45, 7) is 1.75. The van der Waals surface area contributed by atoms with Crippen molar-refractivity contribution >= 4 is 21.8 Å². The first-order valence-electron chi connectivity index (χ1n) is 5.17. The molecule has 1 fully saturated rings. The first kappa shape index (κ1) is 10.7. The standard InChI is InChI=1S/C10H14BrN3O/c1-13-9(11)8(7-12-13)10(15)14-5-3-2-4-6-14/h7H,2-6H2,1H3. The number of nitrogens with zero attached hydrogens (tertiary/aromatic N) is 3. The summed E-state index contributed by atoms with van der Waals surface area (Å²) < 4.78 is 2.43. The Morgan fingerprint density at radius 3 is 2.60 bits per heavy atom. The van der Waals surface area contributed by atoms with Crippen LogP contribution in [-0.4, -0.2) is 33.7 Å². The fourth-order valence-electron chi connectivity index (χ4n) is 1.83. The van der Waals surface area contributed by atoms with Crippen LogP contribution in [0.5, 0.6) is 0 Å². The third kappa shape index (κ3) is 2.07. The van der Waals surface area contributed by atoms with Crippen LogP contribution in [0.25, 0.3) is 0 Å². The molecule has 0 unspecified atom stereocenters. The maximum atomic E-state index is 12.1. The number of likely N-dealkylation sites (tertiary alicyclic amines) is 1. The molecule has 2 rings (SSSR count). The average molecular weight is 272 g/mol. The highest BCUT2D eigenvalue weighted by Gasteiger charge is 2.21. The van der Waals surface area contributed by atoms with E-state index in [-0.39, 0.29) is 5.91 Å². The second-order valence-electron chi connectivity index (χ2n) is 3.83. The lowest BCUT2D eigenvalue weighted by atomic mass is 10.1. The van der Waals surface area contributed by atoms with E-state index in [4.69, 9.17) is 0 Å². The molecule has 1 aromatic rings. The fraction of sp³-hybridized carbons (Fsp3) is 0.600. The predicted octanol–water partition coefficient (Wildman–Crippen LogP) is 1.81. The minimum absolute atomic E-state index is 0.0923. The number of aryl methyl sites for hydroxylation is 1. The molecule has 0 bridgehead atoms. The summed E-state index contributed by atoms with van der Waals surface area (Å²) in [5.41, 5.74) is 0.666. The smallest absolute Gasteiger partial charge is 0.258 e. The molecular weight excluding hydrogens is 258 g/mol. The molecule has 0 spiro atoms. The first-order chi connectivity index (χ1) is 7.20. The van der Waals surface area contributed by atoms with E-state index in [0.29, 0.717) is 5.56 Å². The van der Waals surface area contributed by atoms with Crippen molar-refractivity contribution in [2.75, 3.05) is 13.1 Å². The Hall–Kier alpha value is -0.840. The van der Waals surface area contributed by atoms with E-state index in [9.17, 15) is 4.79 Å². The van der Waals surface area contributed by atoms with Gasteiger partial charge in [0.05, 0.1) is 11.8 Å². The number of aromatic nitrogens is 2. The molecule has 1 saturated heterocycles. The third-order valence-corrected chi connectivity index (χ3v) is 3.68. The average Bonchev–Trinajstić information content (AvgIpc) is 2.60. The zero-order valence-electron chi connectivity index (χ0n) is 8.74. The van der Waals surface area contributed by atoms with Crippen LogP contribution in [-0.2, 0) is 7.05 Å². The van der Waals surface area contributed by atoms with Crippen molar-refractivity contribution in [2.45, 2.75) is 19.3 Å². The highest BCUT2D eigenvalue weighted by molar-refractivity contribution is 9.10. The summed E-state index contributed by atoms with van der Waals surface area (Å²) in [5.74, 6) is 0.0923. The predicted molar refractivity (Wildman–Crippen MR) is 60.7 cm³/mol. The molecule has 0 aromatic carbocycles. The van der Waals surface area contributed by atoms with Gasteiger partial charge in [-0.15, -0.1) is 0 Å². The Morgan fingerprint density at radius 1 is 1.40 bits per heavy atom. The van der Waals surface area contributed by atoms with Gasteiger partial charge in [-0.3, -0.25) is 9.48 Å². The van der Waals surface area contributed by atoms with Crippen LogP contribution < -0.4 is 0 Å². The lowest BCUT2D eigenvalue weighted by Crippen LogP contribution is -2.35. The Bertz CT molecular complexity index is 369. The summed E-state index contributed by atoms with van der Waals surface area (Å²) in [6.07, 6.45) is 5.09. The number of hydrogen-bond donors (Lipinski definition) is 0. The Kier molecular flexibility index (Phi) is 3.09. The molecule has 4 nitrogen and oxygen atoms in total. The van der Waals surface area contributed by atoms with E-state index < -0.39 is 0 Å². The monoisotopic (exact) mass is 271 g/mol. The van der Waals surface area contributed by atoms with Crippen LogP contribution in [0.1, 0.15) is 29.6 Å². The first-order valence-corrected chi connectivity index (χ1v) is 5.96. The van der Waals surface area contributed by atoms with E-state index in [1.54, 1.807) is 10.9 Å². The lowest BCUT2D eigenvalue weighted by molar-refractivity contribution is 0.0723. The topological polar surface area (TPSA) is 38.1 Å². The Morgan fingerprint density at radius 2 is 2.07 bits per heavy atom. The van der Waals surface area contributed by atoms with Crippen LogP contribution in [0.4, 0.5) is 0 Å². The molecule has 0 N–H and O–H groups in total. The molecule has 0 saturated carbocycles. The maximum Gasteiger partial charge on any atom is 0.258 e. The van der Waals surface area contributed by atoms with Gasteiger partial charge >= 0.3 is 0 Å². The van der Waals surface area contributed by atoms with Crippen molar-refractivity contribution in [2.24, 2.45) is 7.05 Å². The molecular formula is C10H14BrN3O. The number of rotatable bonds is 1. The zero-order chi connectivity index (χ0) is 10.8. The molecule has 0 radical (unpaired) electrons. The van der Waals surface area contributed by atoms with Gasteiger partial charge in [-0.05, 0) is 35.2 Å². The van der Waals surface area contributed by atoms with E-state index in [1.807, 2.05) is 11.9 Å². The van der Waals surface area contributed by atoms with E-state index in [0.717, 1.165) is 30.5 Å². The minimum atomic E-state index is 0.0923. The molecule has 1 aromatic heterocycles. The molecule has 2 heterocycles. The summed E-state index contributed by atoms with van der Waals surface area (Å²) >= 11 is 3.37. The van der Waals surface area contributed by atoms with Gasteiger partial charge in [-0.1, -0.05) is 0 Å². The van der Waals surface area contributed by atoms with Crippen LogP contribution in [0.3, 0.4) is 0 Å². The fourth-order valence-corrected chi connectivity index (χ4v) is 2.20. The maximum absolute atomic E-state index is 12.1. The van der Waals surface area contributed by atoms with Crippen molar-refractivity contribution in [1.82, 2.24) is 14.7 Å². The third-order valence-electron chi connectivity index (χ3n) is 2.74. The van der Waals surface area contributed by atoms with Gasteiger partial charge in [0, 0.05) is 20.1 Å². The van der Waals surface area contributed by atoms with Crippen molar-refractivity contribution in [3.8, 4) is 0 Å². The van der Waals surface area contributed by atoms with Gasteiger partial charge in [0.1, 0.15) is 4.60 Å². The van der Waals surface area contributed by atoms with Crippen molar-refractivity contribution in [1.29, 1.82) is 0 Å². The van der Waals surface area contributed by atoms with Crippen molar-refractivity contribution in [3.05, 3.63) is 16.4 Å². The molecule has 1 aliphatic rings.